The molecule has 0 spiro atoms. The van der Waals surface area contributed by atoms with Gasteiger partial charge in [0, 0.05) is 5.39 Å². The molecule has 0 bridgehead atoms. The van der Waals surface area contributed by atoms with Crippen molar-refractivity contribution in [1.29, 1.82) is 0 Å². The molecule has 1 fully saturated rings. The molecule has 2 heteroatoms. The van der Waals surface area contributed by atoms with Crippen LogP contribution in [-0.4, -0.2) is 6.54 Å². The predicted octanol–water partition coefficient (Wildman–Crippen LogP) is 3.88. The second-order valence-electron chi connectivity index (χ2n) is 5.11. The van der Waals surface area contributed by atoms with E-state index in [2.05, 4.69) is 24.4 Å². The molecule has 0 aliphatic heterocycles. The van der Waals surface area contributed by atoms with Gasteiger partial charge in [-0.05, 0) is 44.4 Å². The zero-order valence-corrected chi connectivity index (χ0v) is 10.3. The molecule has 90 valence electrons. The van der Waals surface area contributed by atoms with Crippen LogP contribution < -0.4 is 5.32 Å². The first-order valence-corrected chi connectivity index (χ1v) is 6.55. The molecule has 1 N–H and O–H groups in total. The van der Waals surface area contributed by atoms with Crippen LogP contribution in [0.3, 0.4) is 0 Å². The summed E-state index contributed by atoms with van der Waals surface area (Å²) in [5, 5.41) is 4.76. The van der Waals surface area contributed by atoms with Crippen molar-refractivity contribution in [2.45, 2.75) is 32.2 Å². The van der Waals surface area contributed by atoms with Crippen LogP contribution in [0.5, 0.6) is 0 Å². The lowest BCUT2D eigenvalue weighted by molar-refractivity contribution is 0.286. The molecule has 1 aromatic heterocycles. The van der Waals surface area contributed by atoms with Crippen LogP contribution in [0.4, 0.5) is 0 Å². The minimum atomic E-state index is 0.308. The van der Waals surface area contributed by atoms with Crippen LogP contribution in [0.2, 0.25) is 0 Å². The number of benzene rings is 1. The average molecular weight is 229 g/mol. The monoisotopic (exact) mass is 229 g/mol. The van der Waals surface area contributed by atoms with Crippen LogP contribution in [0, 0.1) is 5.92 Å². The third-order valence-corrected chi connectivity index (χ3v) is 3.81. The van der Waals surface area contributed by atoms with Crippen molar-refractivity contribution in [3.63, 3.8) is 0 Å². The van der Waals surface area contributed by atoms with Crippen molar-refractivity contribution in [3.05, 3.63) is 36.1 Å². The van der Waals surface area contributed by atoms with Crippen molar-refractivity contribution >= 4 is 11.0 Å². The normalized spacial score (nSPS) is 18.2. The third kappa shape index (κ3) is 2.22. The Kier molecular flexibility index (Phi) is 2.89. The minimum absolute atomic E-state index is 0.308. The number of nitrogens with one attached hydrogen (secondary N) is 1. The highest BCUT2D eigenvalue weighted by atomic mass is 16.3. The lowest BCUT2D eigenvalue weighted by Gasteiger charge is -2.26. The lowest BCUT2D eigenvalue weighted by atomic mass is 9.85. The average Bonchev–Trinajstić information content (AvgIpc) is 2.70. The van der Waals surface area contributed by atoms with E-state index < -0.39 is 0 Å². The summed E-state index contributed by atoms with van der Waals surface area (Å²) in [5.41, 5.74) is 0.986. The van der Waals surface area contributed by atoms with Crippen molar-refractivity contribution in [2.24, 2.45) is 5.92 Å². The molecule has 0 saturated heterocycles. The van der Waals surface area contributed by atoms with E-state index in [0.717, 1.165) is 23.8 Å². The standard InChI is InChI=1S/C15H19NO/c1-11(16-10-12-5-4-6-12)15-9-13-7-2-3-8-14(13)17-15/h2-3,7-9,11-12,16H,4-6,10H2,1H3. The van der Waals surface area contributed by atoms with Gasteiger partial charge in [0.2, 0.25) is 0 Å². The zero-order valence-electron chi connectivity index (χ0n) is 10.3. The summed E-state index contributed by atoms with van der Waals surface area (Å²) in [6.07, 6.45) is 4.19. The highest BCUT2D eigenvalue weighted by Gasteiger charge is 2.19. The number of fused-ring (bicyclic) bond motifs is 1. The summed E-state index contributed by atoms with van der Waals surface area (Å²) < 4.78 is 5.85. The Balaban J connectivity index is 1.69. The first-order chi connectivity index (χ1) is 8.33. The van der Waals surface area contributed by atoms with E-state index >= 15 is 0 Å². The van der Waals surface area contributed by atoms with Crippen molar-refractivity contribution in [2.75, 3.05) is 6.54 Å². The summed E-state index contributed by atoms with van der Waals surface area (Å²) in [6, 6.07) is 10.6. The SMILES string of the molecule is CC(NCC1CCC1)c1cc2ccccc2o1. The topological polar surface area (TPSA) is 25.2 Å². The van der Waals surface area contributed by atoms with Gasteiger partial charge in [0.15, 0.2) is 0 Å². The van der Waals surface area contributed by atoms with E-state index in [1.165, 1.54) is 24.6 Å². The maximum atomic E-state index is 5.85. The Labute approximate surface area is 102 Å². The van der Waals surface area contributed by atoms with Gasteiger partial charge in [-0.1, -0.05) is 24.6 Å². The van der Waals surface area contributed by atoms with E-state index in [4.69, 9.17) is 4.42 Å². The largest absolute Gasteiger partial charge is 0.459 e. The number of hydrogen-bond donors (Lipinski definition) is 1. The Morgan fingerprint density at radius 2 is 2.18 bits per heavy atom. The second kappa shape index (κ2) is 4.53. The van der Waals surface area contributed by atoms with Crippen LogP contribution in [-0.2, 0) is 0 Å². The van der Waals surface area contributed by atoms with Crippen molar-refractivity contribution in [3.8, 4) is 0 Å². The molecule has 1 heterocycles. The Bertz CT molecular complexity index is 465. The van der Waals surface area contributed by atoms with Crippen LogP contribution in [0.1, 0.15) is 38.0 Å². The fourth-order valence-electron chi connectivity index (χ4n) is 2.36. The van der Waals surface area contributed by atoms with E-state index in [-0.39, 0.29) is 0 Å². The van der Waals surface area contributed by atoms with Gasteiger partial charge in [-0.15, -0.1) is 0 Å². The third-order valence-electron chi connectivity index (χ3n) is 3.81. The number of para-hydroxylation sites is 1. The molecule has 0 amide bonds. The smallest absolute Gasteiger partial charge is 0.134 e. The fraction of sp³-hybridized carbons (Fsp3) is 0.467. The number of hydrogen-bond acceptors (Lipinski definition) is 2. The van der Waals surface area contributed by atoms with Gasteiger partial charge in [0.1, 0.15) is 11.3 Å². The lowest BCUT2D eigenvalue weighted by Crippen LogP contribution is -2.29. The van der Waals surface area contributed by atoms with Gasteiger partial charge in [0.05, 0.1) is 6.04 Å². The molecular weight excluding hydrogens is 210 g/mol. The molecule has 1 atom stereocenters. The summed E-state index contributed by atoms with van der Waals surface area (Å²) in [6.45, 7) is 3.30. The number of rotatable bonds is 4. The van der Waals surface area contributed by atoms with Crippen LogP contribution >= 0.6 is 0 Å². The fourth-order valence-corrected chi connectivity index (χ4v) is 2.36. The summed E-state index contributed by atoms with van der Waals surface area (Å²) in [7, 11) is 0. The molecule has 1 aliphatic rings. The van der Waals surface area contributed by atoms with Gasteiger partial charge in [-0.2, -0.15) is 0 Å². The quantitative estimate of drug-likeness (QED) is 0.860. The highest BCUT2D eigenvalue weighted by Crippen LogP contribution is 2.27. The number of furan rings is 1. The zero-order chi connectivity index (χ0) is 11.7. The minimum Gasteiger partial charge on any atom is -0.459 e. The van der Waals surface area contributed by atoms with Gasteiger partial charge in [-0.3, -0.25) is 0 Å². The van der Waals surface area contributed by atoms with Crippen LogP contribution in [0.15, 0.2) is 34.7 Å². The Morgan fingerprint density at radius 1 is 1.35 bits per heavy atom. The predicted molar refractivity (Wildman–Crippen MR) is 70.0 cm³/mol. The van der Waals surface area contributed by atoms with Crippen molar-refractivity contribution < 1.29 is 4.42 Å². The molecule has 1 aliphatic carbocycles. The first kappa shape index (κ1) is 10.8. The second-order valence-corrected chi connectivity index (χ2v) is 5.11. The van der Waals surface area contributed by atoms with Gasteiger partial charge < -0.3 is 9.73 Å². The van der Waals surface area contributed by atoms with Gasteiger partial charge in [-0.25, -0.2) is 0 Å². The Hall–Kier alpha value is -1.28. The van der Waals surface area contributed by atoms with Gasteiger partial charge >= 0.3 is 0 Å². The molecule has 1 aromatic carbocycles. The molecule has 0 radical (unpaired) electrons. The molecular formula is C15H19NO. The van der Waals surface area contributed by atoms with E-state index in [9.17, 15) is 0 Å². The first-order valence-electron chi connectivity index (χ1n) is 6.55. The highest BCUT2D eigenvalue weighted by molar-refractivity contribution is 5.77. The van der Waals surface area contributed by atoms with E-state index in [1.54, 1.807) is 0 Å². The van der Waals surface area contributed by atoms with Gasteiger partial charge in [0.25, 0.3) is 0 Å². The van der Waals surface area contributed by atoms with Crippen molar-refractivity contribution in [1.82, 2.24) is 5.32 Å². The van der Waals surface area contributed by atoms with E-state index in [1.807, 2.05) is 18.2 Å². The Morgan fingerprint density at radius 3 is 2.88 bits per heavy atom. The summed E-state index contributed by atoms with van der Waals surface area (Å²) in [4.78, 5) is 0. The molecule has 1 unspecified atom stereocenters. The summed E-state index contributed by atoms with van der Waals surface area (Å²) >= 11 is 0. The molecule has 2 nitrogen and oxygen atoms in total. The molecule has 1 saturated carbocycles. The summed E-state index contributed by atoms with van der Waals surface area (Å²) in [5.74, 6) is 1.94. The molecule has 17 heavy (non-hydrogen) atoms. The molecule has 3 rings (SSSR count). The molecule has 2 aromatic rings. The van der Waals surface area contributed by atoms with Crippen LogP contribution in [0.25, 0.3) is 11.0 Å². The van der Waals surface area contributed by atoms with E-state index in [0.29, 0.717) is 6.04 Å². The maximum Gasteiger partial charge on any atom is 0.134 e. The maximum absolute atomic E-state index is 5.85.